The molecule has 5 atom stereocenters. The largest absolute Gasteiger partial charge is 0.463 e. The topological polar surface area (TPSA) is 150 Å². The summed E-state index contributed by atoms with van der Waals surface area (Å²) in [6, 6.07) is 0. The van der Waals surface area contributed by atoms with E-state index >= 15 is 0 Å². The monoisotopic (exact) mass is 446 g/mol. The van der Waals surface area contributed by atoms with E-state index in [-0.39, 0.29) is 19.8 Å². The van der Waals surface area contributed by atoms with E-state index < -0.39 is 60.6 Å². The average molecular weight is 446 g/mol. The smallest absolute Gasteiger partial charge is 0.330 e. The van der Waals surface area contributed by atoms with E-state index in [2.05, 4.69) is 6.58 Å². The van der Waals surface area contributed by atoms with E-state index in [1.54, 1.807) is 0 Å². The summed E-state index contributed by atoms with van der Waals surface area (Å²) in [5.41, 5.74) is 0. The van der Waals surface area contributed by atoms with Gasteiger partial charge in [0.25, 0.3) is 0 Å². The van der Waals surface area contributed by atoms with Gasteiger partial charge in [-0.1, -0.05) is 6.58 Å². The lowest BCUT2D eigenvalue weighted by molar-refractivity contribution is -0.309. The third-order valence-corrected chi connectivity index (χ3v) is 3.72. The Balaban J connectivity index is 3.15. The number of esters is 5. The second-order valence-electron chi connectivity index (χ2n) is 6.31. The molecule has 0 amide bonds. The molecule has 1 rings (SSSR count). The minimum Gasteiger partial charge on any atom is -0.463 e. The zero-order chi connectivity index (χ0) is 23.6. The zero-order valence-electron chi connectivity index (χ0n) is 17.7. The van der Waals surface area contributed by atoms with E-state index in [0.717, 1.165) is 33.8 Å². The van der Waals surface area contributed by atoms with Crippen LogP contribution in [0.15, 0.2) is 12.7 Å². The molecule has 1 aliphatic rings. The highest BCUT2D eigenvalue weighted by atomic mass is 16.7. The predicted octanol–water partition coefficient (Wildman–Crippen LogP) is -0.185. The molecule has 1 fully saturated rings. The Hall–Kier alpha value is -2.99. The third-order valence-electron chi connectivity index (χ3n) is 3.72. The lowest BCUT2D eigenvalue weighted by atomic mass is 9.98. The van der Waals surface area contributed by atoms with Crippen molar-refractivity contribution in [3.8, 4) is 0 Å². The number of hydrogen-bond acceptors (Lipinski definition) is 12. The summed E-state index contributed by atoms with van der Waals surface area (Å²) in [5, 5.41) is 0. The first kappa shape index (κ1) is 26.0. The van der Waals surface area contributed by atoms with Gasteiger partial charge in [-0.25, -0.2) is 4.79 Å². The van der Waals surface area contributed by atoms with Crippen LogP contribution in [-0.2, 0) is 57.1 Å². The van der Waals surface area contributed by atoms with Crippen LogP contribution in [0.3, 0.4) is 0 Å². The van der Waals surface area contributed by atoms with Crippen LogP contribution in [-0.4, -0.2) is 80.4 Å². The van der Waals surface area contributed by atoms with Crippen LogP contribution in [0.2, 0.25) is 0 Å². The van der Waals surface area contributed by atoms with Gasteiger partial charge >= 0.3 is 29.8 Å². The summed E-state index contributed by atoms with van der Waals surface area (Å²) in [7, 11) is 0. The molecular weight excluding hydrogens is 420 g/mol. The second-order valence-corrected chi connectivity index (χ2v) is 6.31. The zero-order valence-corrected chi connectivity index (χ0v) is 17.7. The van der Waals surface area contributed by atoms with Gasteiger partial charge in [0, 0.05) is 33.8 Å². The van der Waals surface area contributed by atoms with Gasteiger partial charge in [0.1, 0.15) is 19.3 Å². The first-order chi connectivity index (χ1) is 14.5. The minimum absolute atomic E-state index is 0.183. The van der Waals surface area contributed by atoms with Crippen LogP contribution in [0.4, 0.5) is 0 Å². The molecule has 0 saturated carbocycles. The highest BCUT2D eigenvalue weighted by molar-refractivity contribution is 5.81. The lowest BCUT2D eigenvalue weighted by Crippen LogP contribution is -2.63. The van der Waals surface area contributed by atoms with Crippen molar-refractivity contribution in [1.29, 1.82) is 0 Å². The van der Waals surface area contributed by atoms with E-state index in [4.69, 9.17) is 33.2 Å². The highest BCUT2D eigenvalue weighted by Crippen LogP contribution is 2.29. The molecular formula is C19H26O12. The van der Waals surface area contributed by atoms with Crippen molar-refractivity contribution >= 4 is 29.8 Å². The minimum atomic E-state index is -1.34. The van der Waals surface area contributed by atoms with Crippen LogP contribution >= 0.6 is 0 Å². The molecule has 0 aromatic carbocycles. The van der Waals surface area contributed by atoms with Crippen molar-refractivity contribution in [2.45, 2.75) is 58.4 Å². The van der Waals surface area contributed by atoms with Gasteiger partial charge in [-0.15, -0.1) is 0 Å². The van der Waals surface area contributed by atoms with E-state index in [0.29, 0.717) is 0 Å². The maximum atomic E-state index is 11.7. The molecule has 12 nitrogen and oxygen atoms in total. The quantitative estimate of drug-likeness (QED) is 0.189. The molecule has 174 valence electrons. The summed E-state index contributed by atoms with van der Waals surface area (Å²) in [5.74, 6) is -3.56. The first-order valence-electron chi connectivity index (χ1n) is 9.26. The number of carbonyl (C=O) groups is 5. The van der Waals surface area contributed by atoms with Crippen LogP contribution in [0.1, 0.15) is 27.7 Å². The number of rotatable bonds is 10. The van der Waals surface area contributed by atoms with E-state index in [1.165, 1.54) is 0 Å². The van der Waals surface area contributed by atoms with Crippen LogP contribution in [0, 0.1) is 0 Å². The van der Waals surface area contributed by atoms with Crippen molar-refractivity contribution < 1.29 is 57.1 Å². The molecule has 0 bridgehead atoms. The molecule has 0 aromatic rings. The normalized spacial score (nSPS) is 25.0. The molecule has 1 saturated heterocycles. The van der Waals surface area contributed by atoms with Gasteiger partial charge in [-0.3, -0.25) is 19.2 Å². The van der Waals surface area contributed by atoms with Gasteiger partial charge in [-0.2, -0.15) is 0 Å². The van der Waals surface area contributed by atoms with E-state index in [9.17, 15) is 24.0 Å². The maximum Gasteiger partial charge on any atom is 0.330 e. The maximum absolute atomic E-state index is 11.7. The molecule has 0 N–H and O–H groups in total. The highest BCUT2D eigenvalue weighted by Gasteiger charge is 2.52. The van der Waals surface area contributed by atoms with Crippen LogP contribution < -0.4 is 0 Å². The number of carbonyl (C=O) groups excluding carboxylic acids is 5. The molecule has 0 unspecified atom stereocenters. The van der Waals surface area contributed by atoms with Gasteiger partial charge in [0.05, 0.1) is 6.61 Å². The standard InChI is InChI=1S/C19H26O12/c1-6-15(24)25-7-8-26-19-18(30-13(5)23)17(29-12(4)22)16(28-11(3)21)14(31-19)9-27-10(2)20/h6,14,16-19H,1,7-9H2,2-5H3/t14-,16+,17+,18-,19-/m1/s1. The lowest BCUT2D eigenvalue weighted by Gasteiger charge is -2.44. The average Bonchev–Trinajstić information content (AvgIpc) is 2.66. The second kappa shape index (κ2) is 12.6. The predicted molar refractivity (Wildman–Crippen MR) is 99.1 cm³/mol. The number of hydrogen-bond donors (Lipinski definition) is 0. The van der Waals surface area contributed by atoms with Gasteiger partial charge in [0.2, 0.25) is 0 Å². The van der Waals surface area contributed by atoms with Crippen molar-refractivity contribution in [1.82, 2.24) is 0 Å². The molecule has 0 radical (unpaired) electrons. The molecule has 0 aromatic heterocycles. The van der Waals surface area contributed by atoms with Crippen molar-refractivity contribution in [3.63, 3.8) is 0 Å². The Morgan fingerprint density at radius 1 is 0.774 bits per heavy atom. The third kappa shape index (κ3) is 9.13. The fourth-order valence-electron chi connectivity index (χ4n) is 2.69. The summed E-state index contributed by atoms with van der Waals surface area (Å²) >= 11 is 0. The summed E-state index contributed by atoms with van der Waals surface area (Å²) in [6.07, 6.45) is -5.43. The molecule has 12 heteroatoms. The summed E-state index contributed by atoms with van der Waals surface area (Å²) in [4.78, 5) is 57.3. The molecule has 1 aliphatic heterocycles. The van der Waals surface area contributed by atoms with Crippen LogP contribution in [0.5, 0.6) is 0 Å². The van der Waals surface area contributed by atoms with Gasteiger partial charge < -0.3 is 33.2 Å². The molecule has 0 aliphatic carbocycles. The Bertz CT molecular complexity index is 687. The van der Waals surface area contributed by atoms with Crippen molar-refractivity contribution in [2.24, 2.45) is 0 Å². The first-order valence-corrected chi connectivity index (χ1v) is 9.26. The Morgan fingerprint density at radius 2 is 1.32 bits per heavy atom. The van der Waals surface area contributed by atoms with Gasteiger partial charge in [0.15, 0.2) is 24.6 Å². The number of ether oxygens (including phenoxy) is 7. The molecule has 1 heterocycles. The fraction of sp³-hybridized carbons (Fsp3) is 0.632. The molecule has 0 spiro atoms. The van der Waals surface area contributed by atoms with E-state index in [1.807, 2.05) is 0 Å². The summed E-state index contributed by atoms with van der Waals surface area (Å²) < 4.78 is 36.6. The van der Waals surface area contributed by atoms with Crippen molar-refractivity contribution in [3.05, 3.63) is 12.7 Å². The van der Waals surface area contributed by atoms with Gasteiger partial charge in [-0.05, 0) is 0 Å². The Labute approximate surface area is 178 Å². The SMILES string of the molecule is C=CC(=O)OCCO[C@@H]1O[C@H](COC(C)=O)[C@H](OC(C)=O)[C@H](OC(C)=O)[C@H]1OC(C)=O. The fourth-order valence-corrected chi connectivity index (χ4v) is 2.69. The molecule has 31 heavy (non-hydrogen) atoms. The summed E-state index contributed by atoms with van der Waals surface area (Å²) in [6.45, 7) is 7.02. The van der Waals surface area contributed by atoms with Crippen LogP contribution in [0.25, 0.3) is 0 Å². The Kier molecular flexibility index (Phi) is 10.6. The van der Waals surface area contributed by atoms with Crippen molar-refractivity contribution in [2.75, 3.05) is 19.8 Å². The Morgan fingerprint density at radius 3 is 1.84 bits per heavy atom.